The van der Waals surface area contributed by atoms with Crippen molar-refractivity contribution in [2.45, 2.75) is 0 Å². The van der Waals surface area contributed by atoms with E-state index in [1.54, 1.807) is 18.5 Å². The molecule has 0 atom stereocenters. The maximum absolute atomic E-state index is 5.96. The molecule has 1 heterocycles. The van der Waals surface area contributed by atoms with Crippen molar-refractivity contribution in [2.24, 2.45) is 0 Å². The number of para-hydroxylation sites is 1. The van der Waals surface area contributed by atoms with Crippen LogP contribution in [0.25, 0.3) is 0 Å². The van der Waals surface area contributed by atoms with Crippen molar-refractivity contribution >= 4 is 40.3 Å². The Balaban J connectivity index is 2.01. The van der Waals surface area contributed by atoms with Crippen molar-refractivity contribution in [2.75, 3.05) is 10.6 Å². The van der Waals surface area contributed by atoms with Crippen LogP contribution in [0.5, 0.6) is 0 Å². The van der Waals surface area contributed by atoms with Crippen molar-refractivity contribution in [1.82, 2.24) is 4.98 Å². The second-order valence-corrected chi connectivity index (χ2v) is 4.12. The fourth-order valence-corrected chi connectivity index (χ4v) is 1.68. The normalized spacial score (nSPS) is 9.71. The third-order valence-electron chi connectivity index (χ3n) is 2.05. The first-order valence-electron chi connectivity index (χ1n) is 4.98. The topological polar surface area (TPSA) is 37.0 Å². The Labute approximate surface area is 110 Å². The number of hydrogen-bond donors (Lipinski definition) is 2. The number of halogens is 1. The van der Waals surface area contributed by atoms with Crippen molar-refractivity contribution in [1.29, 1.82) is 0 Å². The number of nitrogens with zero attached hydrogens (tertiary/aromatic N) is 1. The van der Waals surface area contributed by atoms with Gasteiger partial charge >= 0.3 is 0 Å². The Morgan fingerprint density at radius 2 is 1.88 bits per heavy atom. The molecule has 0 spiro atoms. The lowest BCUT2D eigenvalue weighted by molar-refractivity contribution is 1.33. The highest BCUT2D eigenvalue weighted by molar-refractivity contribution is 7.80. The second-order valence-electron chi connectivity index (χ2n) is 3.30. The Hall–Kier alpha value is -1.65. The van der Waals surface area contributed by atoms with E-state index in [4.69, 9.17) is 23.8 Å². The Morgan fingerprint density at radius 3 is 2.59 bits per heavy atom. The van der Waals surface area contributed by atoms with Gasteiger partial charge in [0.2, 0.25) is 0 Å². The smallest absolute Gasteiger partial charge is 0.175 e. The van der Waals surface area contributed by atoms with Crippen LogP contribution in [0, 0.1) is 0 Å². The van der Waals surface area contributed by atoms with Gasteiger partial charge < -0.3 is 10.6 Å². The van der Waals surface area contributed by atoms with Crippen LogP contribution in [0.1, 0.15) is 0 Å². The zero-order valence-corrected chi connectivity index (χ0v) is 10.4. The monoisotopic (exact) mass is 263 g/mol. The quantitative estimate of drug-likeness (QED) is 0.813. The van der Waals surface area contributed by atoms with Crippen LogP contribution < -0.4 is 10.6 Å². The predicted molar refractivity (Wildman–Crippen MR) is 75.5 cm³/mol. The summed E-state index contributed by atoms with van der Waals surface area (Å²) in [6, 6.07) is 11.4. The Bertz CT molecular complexity index is 516. The molecule has 1 aromatic heterocycles. The van der Waals surface area contributed by atoms with E-state index >= 15 is 0 Å². The summed E-state index contributed by atoms with van der Waals surface area (Å²) in [5, 5.41) is 7.09. The molecule has 0 amide bonds. The molecule has 0 aliphatic heterocycles. The highest BCUT2D eigenvalue weighted by atomic mass is 35.5. The lowest BCUT2D eigenvalue weighted by Gasteiger charge is -2.11. The van der Waals surface area contributed by atoms with Crippen molar-refractivity contribution in [3.8, 4) is 0 Å². The van der Waals surface area contributed by atoms with E-state index < -0.39 is 0 Å². The molecule has 0 radical (unpaired) electrons. The lowest BCUT2D eigenvalue weighted by atomic mass is 10.3. The molecule has 0 unspecified atom stereocenters. The molecule has 5 heteroatoms. The van der Waals surface area contributed by atoms with E-state index in [9.17, 15) is 0 Å². The average molecular weight is 264 g/mol. The van der Waals surface area contributed by atoms with Crippen LogP contribution in [0.3, 0.4) is 0 Å². The van der Waals surface area contributed by atoms with Gasteiger partial charge in [-0.05, 0) is 30.4 Å². The van der Waals surface area contributed by atoms with Gasteiger partial charge in [-0.1, -0.05) is 29.8 Å². The molecular weight excluding hydrogens is 254 g/mol. The fourth-order valence-electron chi connectivity index (χ4n) is 1.28. The van der Waals surface area contributed by atoms with E-state index in [1.165, 1.54) is 0 Å². The molecule has 17 heavy (non-hydrogen) atoms. The lowest BCUT2D eigenvalue weighted by Crippen LogP contribution is -2.19. The van der Waals surface area contributed by atoms with E-state index in [1.807, 2.05) is 30.3 Å². The molecule has 0 saturated heterocycles. The number of aromatic nitrogens is 1. The molecule has 0 aliphatic rings. The average Bonchev–Trinajstić information content (AvgIpc) is 2.33. The molecule has 2 N–H and O–H groups in total. The molecule has 3 nitrogen and oxygen atoms in total. The number of hydrogen-bond acceptors (Lipinski definition) is 2. The first-order chi connectivity index (χ1) is 8.25. The van der Waals surface area contributed by atoms with Gasteiger partial charge in [-0.3, -0.25) is 4.98 Å². The number of anilines is 2. The molecule has 2 rings (SSSR count). The summed E-state index contributed by atoms with van der Waals surface area (Å²) in [4.78, 5) is 3.90. The number of benzene rings is 1. The number of nitrogens with one attached hydrogen (secondary N) is 2. The third kappa shape index (κ3) is 3.41. The summed E-state index contributed by atoms with van der Waals surface area (Å²) < 4.78 is 0. The van der Waals surface area contributed by atoms with Gasteiger partial charge in [0.15, 0.2) is 5.11 Å². The molecule has 0 aliphatic carbocycles. The molecular formula is C12H10ClN3S. The van der Waals surface area contributed by atoms with Crippen LogP contribution in [0.4, 0.5) is 11.4 Å². The first-order valence-corrected chi connectivity index (χ1v) is 5.77. The minimum absolute atomic E-state index is 0.490. The SMILES string of the molecule is S=C(Nc1ccccc1)Nc1ccncc1Cl. The fraction of sp³-hybridized carbons (Fsp3) is 0. The molecule has 0 bridgehead atoms. The van der Waals surface area contributed by atoms with Crippen molar-refractivity contribution in [3.05, 3.63) is 53.8 Å². The zero-order valence-electron chi connectivity index (χ0n) is 8.85. The Kier molecular flexibility index (Phi) is 3.90. The van der Waals surface area contributed by atoms with Crippen LogP contribution in [0.15, 0.2) is 48.8 Å². The second kappa shape index (κ2) is 5.61. The zero-order chi connectivity index (χ0) is 12.1. The predicted octanol–water partition coefficient (Wildman–Crippen LogP) is 3.54. The van der Waals surface area contributed by atoms with Crippen LogP contribution in [0.2, 0.25) is 5.02 Å². The summed E-state index contributed by atoms with van der Waals surface area (Å²) in [5.41, 5.74) is 1.66. The maximum Gasteiger partial charge on any atom is 0.175 e. The van der Waals surface area contributed by atoms with Crippen LogP contribution in [-0.2, 0) is 0 Å². The van der Waals surface area contributed by atoms with Gasteiger partial charge in [-0.15, -0.1) is 0 Å². The highest BCUT2D eigenvalue weighted by Gasteiger charge is 2.02. The molecule has 2 aromatic rings. The van der Waals surface area contributed by atoms with Crippen LogP contribution in [-0.4, -0.2) is 10.1 Å². The molecule has 1 aromatic carbocycles. The van der Waals surface area contributed by atoms with Gasteiger partial charge in [0, 0.05) is 18.1 Å². The molecule has 0 fully saturated rings. The number of rotatable bonds is 2. The summed E-state index contributed by atoms with van der Waals surface area (Å²) in [7, 11) is 0. The molecule has 86 valence electrons. The standard InChI is InChI=1S/C12H10ClN3S/c13-10-8-14-7-6-11(10)16-12(17)15-9-4-2-1-3-5-9/h1-8H,(H2,14,15,16,17). The third-order valence-corrected chi connectivity index (χ3v) is 2.56. The van der Waals surface area contributed by atoms with Gasteiger partial charge in [-0.25, -0.2) is 0 Å². The number of pyridine rings is 1. The minimum atomic E-state index is 0.490. The Morgan fingerprint density at radius 1 is 1.12 bits per heavy atom. The summed E-state index contributed by atoms with van der Waals surface area (Å²) in [6.45, 7) is 0. The number of thiocarbonyl (C=S) groups is 1. The van der Waals surface area contributed by atoms with Crippen molar-refractivity contribution in [3.63, 3.8) is 0 Å². The summed E-state index contributed by atoms with van der Waals surface area (Å²) >= 11 is 11.1. The minimum Gasteiger partial charge on any atom is -0.332 e. The summed E-state index contributed by atoms with van der Waals surface area (Å²) in [6.07, 6.45) is 3.22. The van der Waals surface area contributed by atoms with Crippen molar-refractivity contribution < 1.29 is 0 Å². The van der Waals surface area contributed by atoms with E-state index in [0.29, 0.717) is 10.1 Å². The first kappa shape index (κ1) is 11.8. The van der Waals surface area contributed by atoms with Gasteiger partial charge in [0.05, 0.1) is 10.7 Å². The van der Waals surface area contributed by atoms with Crippen LogP contribution >= 0.6 is 23.8 Å². The van der Waals surface area contributed by atoms with Gasteiger partial charge in [0.1, 0.15) is 0 Å². The van der Waals surface area contributed by atoms with Gasteiger partial charge in [-0.2, -0.15) is 0 Å². The maximum atomic E-state index is 5.96. The van der Waals surface area contributed by atoms with E-state index in [2.05, 4.69) is 15.6 Å². The van der Waals surface area contributed by atoms with E-state index in [0.717, 1.165) is 11.4 Å². The molecule has 0 saturated carbocycles. The van der Waals surface area contributed by atoms with Gasteiger partial charge in [0.25, 0.3) is 0 Å². The highest BCUT2D eigenvalue weighted by Crippen LogP contribution is 2.19. The van der Waals surface area contributed by atoms with E-state index in [-0.39, 0.29) is 0 Å². The summed E-state index contributed by atoms with van der Waals surface area (Å²) in [5.74, 6) is 0. The largest absolute Gasteiger partial charge is 0.332 e.